The van der Waals surface area contributed by atoms with E-state index in [4.69, 9.17) is 4.74 Å². The van der Waals surface area contributed by atoms with Gasteiger partial charge in [0.25, 0.3) is 0 Å². The average molecular weight is 305 g/mol. The zero-order valence-electron chi connectivity index (χ0n) is 13.2. The lowest BCUT2D eigenvalue weighted by Gasteiger charge is -2.32. The molecule has 1 aromatic rings. The van der Waals surface area contributed by atoms with Gasteiger partial charge >= 0.3 is 0 Å². The number of rotatable bonds is 5. The summed E-state index contributed by atoms with van der Waals surface area (Å²) in [4.78, 5) is 0. The van der Waals surface area contributed by atoms with Gasteiger partial charge in [0, 0.05) is 23.8 Å². The Kier molecular flexibility index (Phi) is 5.12. The highest BCUT2D eigenvalue weighted by Gasteiger charge is 2.24. The van der Waals surface area contributed by atoms with Crippen LogP contribution in [0, 0.1) is 0 Å². The van der Waals surface area contributed by atoms with Gasteiger partial charge in [0.2, 0.25) is 0 Å². The zero-order chi connectivity index (χ0) is 14.7. The fraction of sp³-hybridized carbons (Fsp3) is 0.667. The van der Waals surface area contributed by atoms with Gasteiger partial charge in [-0.25, -0.2) is 0 Å². The van der Waals surface area contributed by atoms with Crippen LogP contribution in [-0.2, 0) is 6.42 Å². The van der Waals surface area contributed by atoms with Crippen molar-refractivity contribution in [3.05, 3.63) is 29.3 Å². The highest BCUT2D eigenvalue weighted by atomic mass is 32.2. The molecule has 2 aliphatic rings. The molecule has 0 bridgehead atoms. The summed E-state index contributed by atoms with van der Waals surface area (Å²) in [6.07, 6.45) is 9.90. The maximum atomic E-state index is 5.62. The number of hydrogen-bond acceptors (Lipinski definition) is 3. The van der Waals surface area contributed by atoms with E-state index >= 15 is 0 Å². The van der Waals surface area contributed by atoms with Crippen molar-refractivity contribution in [2.24, 2.45) is 0 Å². The van der Waals surface area contributed by atoms with Crippen LogP contribution in [0.2, 0.25) is 0 Å². The molecule has 116 valence electrons. The molecule has 2 nitrogen and oxygen atoms in total. The summed E-state index contributed by atoms with van der Waals surface area (Å²) >= 11 is 2.04. The zero-order valence-corrected chi connectivity index (χ0v) is 14.0. The van der Waals surface area contributed by atoms with Crippen LogP contribution in [0.5, 0.6) is 5.75 Å². The van der Waals surface area contributed by atoms with E-state index in [1.54, 1.807) is 0 Å². The predicted octanol–water partition coefficient (Wildman–Crippen LogP) is 4.34. The molecule has 0 spiro atoms. The van der Waals surface area contributed by atoms with E-state index in [9.17, 15) is 0 Å². The second-order valence-corrected chi connectivity index (χ2v) is 7.45. The van der Waals surface area contributed by atoms with Crippen molar-refractivity contribution in [1.82, 2.24) is 5.32 Å². The van der Waals surface area contributed by atoms with Crippen molar-refractivity contribution in [2.45, 2.75) is 62.8 Å². The molecular formula is C18H27NOS. The summed E-state index contributed by atoms with van der Waals surface area (Å²) < 4.78 is 5.62. The summed E-state index contributed by atoms with van der Waals surface area (Å²) in [5, 5.41) is 4.77. The van der Waals surface area contributed by atoms with E-state index in [0.717, 1.165) is 30.4 Å². The third-order valence-electron chi connectivity index (χ3n) is 4.92. The number of ether oxygens (including phenoxy) is 1. The fourth-order valence-corrected chi connectivity index (χ4v) is 4.50. The minimum atomic E-state index is 0.488. The molecule has 3 rings (SSSR count). The Hall–Kier alpha value is -0.670. The van der Waals surface area contributed by atoms with E-state index < -0.39 is 0 Å². The highest BCUT2D eigenvalue weighted by Crippen LogP contribution is 2.32. The van der Waals surface area contributed by atoms with Gasteiger partial charge in [-0.15, -0.1) is 0 Å². The lowest BCUT2D eigenvalue weighted by molar-refractivity contribution is 0.339. The Bertz CT molecular complexity index is 476. The first-order chi connectivity index (χ1) is 10.3. The minimum absolute atomic E-state index is 0.488. The van der Waals surface area contributed by atoms with Gasteiger partial charge < -0.3 is 10.1 Å². The van der Waals surface area contributed by atoms with Crippen LogP contribution in [-0.4, -0.2) is 24.2 Å². The van der Waals surface area contributed by atoms with Gasteiger partial charge in [0.1, 0.15) is 5.75 Å². The molecule has 1 N–H and O–H groups in total. The first-order valence-electron chi connectivity index (χ1n) is 8.34. The van der Waals surface area contributed by atoms with E-state index in [1.807, 2.05) is 11.8 Å². The van der Waals surface area contributed by atoms with E-state index in [-0.39, 0.29) is 0 Å². The molecule has 1 aliphatic heterocycles. The monoisotopic (exact) mass is 305 g/mol. The van der Waals surface area contributed by atoms with Gasteiger partial charge in [-0.05, 0) is 49.1 Å². The lowest BCUT2D eigenvalue weighted by atomic mass is 9.92. The van der Waals surface area contributed by atoms with Crippen molar-refractivity contribution in [1.29, 1.82) is 0 Å². The summed E-state index contributed by atoms with van der Waals surface area (Å²) in [5.41, 5.74) is 2.83. The first kappa shape index (κ1) is 15.2. The smallest absolute Gasteiger partial charge is 0.122 e. The lowest BCUT2D eigenvalue weighted by Crippen LogP contribution is -2.37. The minimum Gasteiger partial charge on any atom is -0.493 e. The fourth-order valence-electron chi connectivity index (χ4n) is 3.67. The van der Waals surface area contributed by atoms with Gasteiger partial charge in [-0.2, -0.15) is 11.8 Å². The second kappa shape index (κ2) is 7.06. The predicted molar refractivity (Wildman–Crippen MR) is 91.4 cm³/mol. The van der Waals surface area contributed by atoms with Crippen LogP contribution in [0.25, 0.3) is 0 Å². The van der Waals surface area contributed by atoms with Gasteiger partial charge in [0.05, 0.1) is 6.61 Å². The van der Waals surface area contributed by atoms with Gasteiger partial charge in [-0.3, -0.25) is 0 Å². The number of benzene rings is 1. The van der Waals surface area contributed by atoms with Crippen molar-refractivity contribution in [3.63, 3.8) is 0 Å². The number of nitrogens with one attached hydrogen (secondary N) is 1. The Morgan fingerprint density at radius 3 is 3.10 bits per heavy atom. The third-order valence-corrected chi connectivity index (χ3v) is 6.02. The largest absolute Gasteiger partial charge is 0.493 e. The molecule has 1 aliphatic carbocycles. The molecular weight excluding hydrogens is 278 g/mol. The van der Waals surface area contributed by atoms with Crippen molar-refractivity contribution in [3.8, 4) is 5.75 Å². The maximum Gasteiger partial charge on any atom is 0.122 e. The molecule has 21 heavy (non-hydrogen) atoms. The highest BCUT2D eigenvalue weighted by molar-refractivity contribution is 7.99. The van der Waals surface area contributed by atoms with E-state index in [1.165, 1.54) is 36.8 Å². The third kappa shape index (κ3) is 3.57. The van der Waals surface area contributed by atoms with Crippen molar-refractivity contribution < 1.29 is 4.74 Å². The SMILES string of the molecule is CCC(NC1CCCC(SC)C1)c1ccc2c(c1)CCO2. The molecule has 0 saturated heterocycles. The topological polar surface area (TPSA) is 21.3 Å². The van der Waals surface area contributed by atoms with Crippen LogP contribution < -0.4 is 10.1 Å². The van der Waals surface area contributed by atoms with Crippen LogP contribution in [0.1, 0.15) is 56.2 Å². The maximum absolute atomic E-state index is 5.62. The molecule has 3 heteroatoms. The summed E-state index contributed by atoms with van der Waals surface area (Å²) in [6.45, 7) is 3.14. The molecule has 1 aromatic carbocycles. The molecule has 0 amide bonds. The number of thioether (sulfide) groups is 1. The molecule has 1 saturated carbocycles. The summed E-state index contributed by atoms with van der Waals surface area (Å²) in [5.74, 6) is 1.09. The molecule has 0 radical (unpaired) electrons. The first-order valence-corrected chi connectivity index (χ1v) is 9.63. The van der Waals surface area contributed by atoms with E-state index in [0.29, 0.717) is 12.1 Å². The van der Waals surface area contributed by atoms with Crippen molar-refractivity contribution in [2.75, 3.05) is 12.9 Å². The average Bonchev–Trinajstić information content (AvgIpc) is 3.00. The van der Waals surface area contributed by atoms with Crippen LogP contribution in [0.4, 0.5) is 0 Å². The van der Waals surface area contributed by atoms with Gasteiger partial charge in [0.15, 0.2) is 0 Å². The summed E-state index contributed by atoms with van der Waals surface area (Å²) in [6, 6.07) is 7.94. The molecule has 0 aromatic heterocycles. The Labute approximate surface area is 133 Å². The Balaban J connectivity index is 1.67. The van der Waals surface area contributed by atoms with Crippen molar-refractivity contribution >= 4 is 11.8 Å². The molecule has 3 unspecified atom stereocenters. The van der Waals surface area contributed by atoms with Crippen LogP contribution >= 0.6 is 11.8 Å². The number of hydrogen-bond donors (Lipinski definition) is 1. The molecule has 1 heterocycles. The normalized spacial score (nSPS) is 26.2. The quantitative estimate of drug-likeness (QED) is 0.874. The molecule has 1 fully saturated rings. The second-order valence-electron chi connectivity index (χ2n) is 6.31. The van der Waals surface area contributed by atoms with Crippen LogP contribution in [0.3, 0.4) is 0 Å². The standard InChI is InChI=1S/C18H27NOS/c1-3-17(19-15-5-4-6-16(12-15)21-2)13-7-8-18-14(11-13)9-10-20-18/h7-8,11,15-17,19H,3-6,9-10,12H2,1-2H3. The molecule has 3 atom stereocenters. The van der Waals surface area contributed by atoms with Gasteiger partial charge in [-0.1, -0.05) is 25.5 Å². The van der Waals surface area contributed by atoms with Crippen LogP contribution in [0.15, 0.2) is 18.2 Å². The van der Waals surface area contributed by atoms with E-state index in [2.05, 4.69) is 36.7 Å². The number of fused-ring (bicyclic) bond motifs is 1. The summed E-state index contributed by atoms with van der Waals surface area (Å²) in [7, 11) is 0. The Morgan fingerprint density at radius 1 is 1.38 bits per heavy atom. The Morgan fingerprint density at radius 2 is 2.29 bits per heavy atom.